The molecule has 0 aliphatic carbocycles. The minimum absolute atomic E-state index is 0.0894. The van der Waals surface area contributed by atoms with Gasteiger partial charge in [-0.3, -0.25) is 9.00 Å². The molecule has 1 aliphatic rings. The van der Waals surface area contributed by atoms with E-state index in [1.807, 2.05) is 18.7 Å². The van der Waals surface area contributed by atoms with E-state index in [2.05, 4.69) is 5.32 Å². The van der Waals surface area contributed by atoms with E-state index in [9.17, 15) is 9.00 Å². The molecule has 0 saturated carbocycles. The summed E-state index contributed by atoms with van der Waals surface area (Å²) in [5.41, 5.74) is 0. The first kappa shape index (κ1) is 14.6. The van der Waals surface area contributed by atoms with E-state index in [1.165, 1.54) is 6.42 Å². The number of amides is 1. The van der Waals surface area contributed by atoms with Crippen LogP contribution in [-0.4, -0.2) is 52.2 Å². The Kier molecular flexibility index (Phi) is 6.12. The summed E-state index contributed by atoms with van der Waals surface area (Å²) in [6.07, 6.45) is 5.17. The van der Waals surface area contributed by atoms with Crippen LogP contribution in [0.1, 0.15) is 33.1 Å². The summed E-state index contributed by atoms with van der Waals surface area (Å²) in [6.45, 7) is 6.23. The molecule has 1 heterocycles. The molecule has 1 fully saturated rings. The van der Waals surface area contributed by atoms with Gasteiger partial charge in [0, 0.05) is 41.9 Å². The molecule has 1 amide bonds. The predicted octanol–water partition coefficient (Wildman–Crippen LogP) is 0.744. The molecule has 0 aromatic rings. The molecule has 0 spiro atoms. The largest absolute Gasteiger partial charge is 0.341 e. The average Bonchev–Trinajstić information content (AvgIpc) is 2.35. The molecule has 17 heavy (non-hydrogen) atoms. The molecule has 3 unspecified atom stereocenters. The van der Waals surface area contributed by atoms with Crippen LogP contribution in [0.3, 0.4) is 0 Å². The van der Waals surface area contributed by atoms with Crippen molar-refractivity contribution in [2.24, 2.45) is 0 Å². The van der Waals surface area contributed by atoms with E-state index in [0.29, 0.717) is 6.54 Å². The van der Waals surface area contributed by atoms with E-state index in [1.54, 1.807) is 6.26 Å². The number of carbonyl (C=O) groups excluding carboxylic acids is 1. The first-order valence-corrected chi connectivity index (χ1v) is 7.99. The van der Waals surface area contributed by atoms with Gasteiger partial charge in [0.2, 0.25) is 5.91 Å². The summed E-state index contributed by atoms with van der Waals surface area (Å²) >= 11 is 0. The molecule has 1 N–H and O–H groups in total. The van der Waals surface area contributed by atoms with Crippen molar-refractivity contribution in [1.29, 1.82) is 0 Å². The Morgan fingerprint density at radius 2 is 1.88 bits per heavy atom. The summed E-state index contributed by atoms with van der Waals surface area (Å²) in [6, 6.07) is -0.168. The SMILES string of the molecule is CC(NCC(C)S(C)=O)C(=O)N1CCCCC1. The highest BCUT2D eigenvalue weighted by molar-refractivity contribution is 7.84. The maximum Gasteiger partial charge on any atom is 0.239 e. The topological polar surface area (TPSA) is 49.4 Å². The number of hydrogen-bond acceptors (Lipinski definition) is 3. The van der Waals surface area contributed by atoms with Gasteiger partial charge in [-0.15, -0.1) is 0 Å². The van der Waals surface area contributed by atoms with Crippen LogP contribution >= 0.6 is 0 Å². The first-order chi connectivity index (χ1) is 8.02. The van der Waals surface area contributed by atoms with Crippen LogP contribution in [0.4, 0.5) is 0 Å². The first-order valence-electron chi connectivity index (χ1n) is 6.36. The molecular weight excluding hydrogens is 236 g/mol. The van der Waals surface area contributed by atoms with E-state index in [0.717, 1.165) is 25.9 Å². The molecule has 0 aromatic carbocycles. The number of hydrogen-bond donors (Lipinski definition) is 1. The number of nitrogens with one attached hydrogen (secondary N) is 1. The lowest BCUT2D eigenvalue weighted by molar-refractivity contribution is -0.133. The Balaban J connectivity index is 2.33. The maximum atomic E-state index is 12.1. The average molecular weight is 260 g/mol. The zero-order chi connectivity index (χ0) is 12.8. The molecule has 0 radical (unpaired) electrons. The van der Waals surface area contributed by atoms with Gasteiger partial charge in [-0.1, -0.05) is 0 Å². The zero-order valence-corrected chi connectivity index (χ0v) is 11.9. The van der Waals surface area contributed by atoms with Crippen molar-refractivity contribution in [3.8, 4) is 0 Å². The molecule has 4 nitrogen and oxygen atoms in total. The van der Waals surface area contributed by atoms with Crippen molar-refractivity contribution in [2.45, 2.75) is 44.4 Å². The Labute approximate surface area is 107 Å². The zero-order valence-electron chi connectivity index (χ0n) is 11.1. The molecule has 1 aliphatic heterocycles. The number of likely N-dealkylation sites (tertiary alicyclic amines) is 1. The second kappa shape index (κ2) is 7.11. The second-order valence-electron chi connectivity index (χ2n) is 4.83. The van der Waals surface area contributed by atoms with Crippen LogP contribution in [0.2, 0.25) is 0 Å². The molecule has 0 aromatic heterocycles. The van der Waals surface area contributed by atoms with Gasteiger partial charge >= 0.3 is 0 Å². The lowest BCUT2D eigenvalue weighted by atomic mass is 10.1. The standard InChI is InChI=1S/C12H24N2O2S/c1-10(17(3)16)9-13-11(2)12(15)14-7-5-4-6-8-14/h10-11,13H,4-9H2,1-3H3. The Hall–Kier alpha value is -0.420. The van der Waals surface area contributed by atoms with E-state index in [4.69, 9.17) is 0 Å². The number of nitrogens with zero attached hydrogens (tertiary/aromatic N) is 1. The van der Waals surface area contributed by atoms with Crippen LogP contribution < -0.4 is 5.32 Å². The third-order valence-electron chi connectivity index (χ3n) is 3.32. The van der Waals surface area contributed by atoms with Crippen molar-refractivity contribution in [2.75, 3.05) is 25.9 Å². The Bertz CT molecular complexity index is 278. The second-order valence-corrected chi connectivity index (χ2v) is 6.63. The molecule has 3 atom stereocenters. The highest BCUT2D eigenvalue weighted by atomic mass is 32.2. The van der Waals surface area contributed by atoms with Crippen molar-refractivity contribution < 1.29 is 9.00 Å². The van der Waals surface area contributed by atoms with E-state index >= 15 is 0 Å². The van der Waals surface area contributed by atoms with Gasteiger partial charge in [-0.2, -0.15) is 0 Å². The minimum atomic E-state index is -0.832. The van der Waals surface area contributed by atoms with E-state index in [-0.39, 0.29) is 17.2 Å². The predicted molar refractivity (Wildman–Crippen MR) is 71.4 cm³/mol. The summed E-state index contributed by atoms with van der Waals surface area (Å²) in [5, 5.41) is 3.27. The minimum Gasteiger partial charge on any atom is -0.341 e. The summed E-state index contributed by atoms with van der Waals surface area (Å²) in [7, 11) is -0.832. The van der Waals surface area contributed by atoms with Gasteiger partial charge < -0.3 is 10.2 Å². The highest BCUT2D eigenvalue weighted by Crippen LogP contribution is 2.09. The van der Waals surface area contributed by atoms with Gasteiger partial charge in [0.1, 0.15) is 0 Å². The fraction of sp³-hybridized carbons (Fsp3) is 0.917. The van der Waals surface area contributed by atoms with Crippen molar-refractivity contribution in [1.82, 2.24) is 10.2 Å². The molecular formula is C12H24N2O2S. The van der Waals surface area contributed by atoms with Crippen molar-refractivity contribution >= 4 is 16.7 Å². The smallest absolute Gasteiger partial charge is 0.239 e. The van der Waals surface area contributed by atoms with Crippen LogP contribution in [0.5, 0.6) is 0 Å². The molecule has 1 rings (SSSR count). The molecule has 100 valence electrons. The van der Waals surface area contributed by atoms with Gasteiger partial charge in [-0.25, -0.2) is 0 Å². The van der Waals surface area contributed by atoms with Gasteiger partial charge in [0.15, 0.2) is 0 Å². The summed E-state index contributed by atoms with van der Waals surface area (Å²) in [4.78, 5) is 14.0. The third kappa shape index (κ3) is 4.76. The van der Waals surface area contributed by atoms with Gasteiger partial charge in [-0.05, 0) is 33.1 Å². The normalized spacial score (nSPS) is 21.9. The number of rotatable bonds is 5. The van der Waals surface area contributed by atoms with Crippen LogP contribution in [0, 0.1) is 0 Å². The third-order valence-corrected chi connectivity index (χ3v) is 4.62. The fourth-order valence-corrected chi connectivity index (χ4v) is 2.27. The van der Waals surface area contributed by atoms with Gasteiger partial charge in [0.25, 0.3) is 0 Å². The summed E-state index contributed by atoms with van der Waals surface area (Å²) in [5.74, 6) is 0.179. The number of piperidine rings is 1. The fourth-order valence-electron chi connectivity index (χ4n) is 1.94. The molecule has 0 bridgehead atoms. The maximum absolute atomic E-state index is 12.1. The van der Waals surface area contributed by atoms with Crippen molar-refractivity contribution in [3.05, 3.63) is 0 Å². The molecule has 1 saturated heterocycles. The quantitative estimate of drug-likeness (QED) is 0.793. The summed E-state index contributed by atoms with van der Waals surface area (Å²) < 4.78 is 11.2. The Morgan fingerprint density at radius 1 is 1.29 bits per heavy atom. The monoisotopic (exact) mass is 260 g/mol. The van der Waals surface area contributed by atoms with Gasteiger partial charge in [0.05, 0.1) is 6.04 Å². The lowest BCUT2D eigenvalue weighted by Crippen LogP contribution is -2.48. The van der Waals surface area contributed by atoms with Crippen LogP contribution in [0.25, 0.3) is 0 Å². The lowest BCUT2D eigenvalue weighted by Gasteiger charge is -2.29. The number of carbonyl (C=O) groups is 1. The Morgan fingerprint density at radius 3 is 2.41 bits per heavy atom. The molecule has 5 heteroatoms. The van der Waals surface area contributed by atoms with E-state index < -0.39 is 10.8 Å². The highest BCUT2D eigenvalue weighted by Gasteiger charge is 2.22. The van der Waals surface area contributed by atoms with Crippen molar-refractivity contribution in [3.63, 3.8) is 0 Å². The van der Waals surface area contributed by atoms with Crippen LogP contribution in [-0.2, 0) is 15.6 Å². The van der Waals surface area contributed by atoms with Crippen LogP contribution in [0.15, 0.2) is 0 Å².